The molecule has 17 nitrogen and oxygen atoms in total. The Kier molecular flexibility index (Phi) is 70.2. The molecule has 0 aromatic rings. The highest BCUT2D eigenvalue weighted by atomic mass is 31.2. The smallest absolute Gasteiger partial charge is 0.462 e. The first-order valence-electron chi connectivity index (χ1n) is 39.9. The molecule has 19 heteroatoms. The number of carbonyl (C=O) groups is 4. The van der Waals surface area contributed by atoms with Gasteiger partial charge in [0.25, 0.3) is 0 Å². The fourth-order valence-electron chi connectivity index (χ4n) is 11.2. The summed E-state index contributed by atoms with van der Waals surface area (Å²) in [6.45, 7) is 4.87. The Bertz CT molecular complexity index is 2050. The second-order valence-corrected chi connectivity index (χ2v) is 30.0. The summed E-state index contributed by atoms with van der Waals surface area (Å²) < 4.78 is 68.5. The van der Waals surface area contributed by atoms with Gasteiger partial charge in [-0.2, -0.15) is 0 Å². The lowest BCUT2D eigenvalue weighted by molar-refractivity contribution is -0.161. The molecule has 3 N–H and O–H groups in total. The third-order valence-electron chi connectivity index (χ3n) is 17.4. The van der Waals surface area contributed by atoms with Crippen molar-refractivity contribution >= 4 is 39.5 Å². The summed E-state index contributed by atoms with van der Waals surface area (Å²) in [6, 6.07) is 0. The van der Waals surface area contributed by atoms with Gasteiger partial charge in [0.1, 0.15) is 19.3 Å². The minimum Gasteiger partial charge on any atom is -0.462 e. The number of phosphoric acid groups is 2. The van der Waals surface area contributed by atoms with Crippen molar-refractivity contribution in [1.29, 1.82) is 0 Å². The van der Waals surface area contributed by atoms with Crippen LogP contribution in [0, 0.1) is 0 Å². The van der Waals surface area contributed by atoms with Crippen LogP contribution in [0.2, 0.25) is 0 Å². The van der Waals surface area contributed by atoms with E-state index in [0.717, 1.165) is 122 Å². The van der Waals surface area contributed by atoms with Gasteiger partial charge in [-0.15, -0.1) is 0 Å². The number of aliphatic hydroxyl groups excluding tert-OH is 1. The number of hydrogen-bond donors (Lipinski definition) is 3. The maximum atomic E-state index is 13.1. The van der Waals surface area contributed by atoms with Crippen molar-refractivity contribution in [2.75, 3.05) is 39.6 Å². The van der Waals surface area contributed by atoms with E-state index in [1.54, 1.807) is 0 Å². The number of esters is 4. The lowest BCUT2D eigenvalue weighted by atomic mass is 10.0. The topological polar surface area (TPSA) is 237 Å². The Labute approximate surface area is 597 Å². The Morgan fingerprint density at radius 2 is 0.490 bits per heavy atom. The van der Waals surface area contributed by atoms with Gasteiger partial charge in [-0.1, -0.05) is 320 Å². The highest BCUT2D eigenvalue weighted by molar-refractivity contribution is 7.47. The third kappa shape index (κ3) is 71.4. The monoisotopic (exact) mass is 1430 g/mol. The highest BCUT2D eigenvalue weighted by Gasteiger charge is 2.30. The minimum absolute atomic E-state index is 0.0833. The van der Waals surface area contributed by atoms with Gasteiger partial charge in [-0.3, -0.25) is 37.3 Å². The molecule has 0 aromatic heterocycles. The standard InChI is InChI=1S/C79H146O17P2/c1-5-9-13-17-21-25-29-32-35-36-37-40-43-46-50-54-58-62-66-79(84)96-75(70-90-77(82)64-60-56-52-48-44-41-38-33-30-26-22-18-14-10-6-2)72-94-98(87,88)92-68-73(80)67-91-97(85,86)93-71-74(69-89-76(81)63-59-55-51-47-28-24-20-16-12-8-4)95-78(83)65-61-57-53-49-45-42-39-34-31-27-23-19-15-11-7-3/h26-27,30-31,33-34,38-39,73-75,80H,5-25,28-29,32,35-37,40-72H2,1-4H3,(H,85,86)(H,87,88)/b30-26-,31-27-,38-33-,39-34-/t73-,74+,75+/m0/s1. The largest absolute Gasteiger partial charge is 0.472 e. The molecule has 0 heterocycles. The molecule has 0 fully saturated rings. The summed E-state index contributed by atoms with van der Waals surface area (Å²) in [4.78, 5) is 72.9. The summed E-state index contributed by atoms with van der Waals surface area (Å²) in [5.41, 5.74) is 0. The van der Waals surface area contributed by atoms with E-state index >= 15 is 0 Å². The van der Waals surface area contributed by atoms with Gasteiger partial charge < -0.3 is 33.8 Å². The number of rotatable bonds is 76. The van der Waals surface area contributed by atoms with Crippen LogP contribution in [0.25, 0.3) is 0 Å². The summed E-state index contributed by atoms with van der Waals surface area (Å²) in [5, 5.41) is 10.6. The molecule has 0 spiro atoms. The average Bonchev–Trinajstić information content (AvgIpc) is 1.29. The zero-order chi connectivity index (χ0) is 71.8. The number of phosphoric ester groups is 2. The van der Waals surface area contributed by atoms with Crippen molar-refractivity contribution in [2.24, 2.45) is 0 Å². The van der Waals surface area contributed by atoms with Crippen LogP contribution >= 0.6 is 15.6 Å². The molecular weight excluding hydrogens is 1280 g/mol. The predicted octanol–water partition coefficient (Wildman–Crippen LogP) is 22.9. The molecule has 0 aromatic carbocycles. The van der Waals surface area contributed by atoms with Crippen molar-refractivity contribution in [1.82, 2.24) is 0 Å². The molecule has 0 aliphatic heterocycles. The molecule has 0 aliphatic rings. The number of allylic oxidation sites excluding steroid dienone is 8. The molecule has 574 valence electrons. The van der Waals surface area contributed by atoms with E-state index in [9.17, 15) is 43.2 Å². The molecule has 5 atom stereocenters. The zero-order valence-electron chi connectivity index (χ0n) is 62.7. The Morgan fingerprint density at radius 1 is 0.286 bits per heavy atom. The van der Waals surface area contributed by atoms with Crippen molar-refractivity contribution in [2.45, 2.75) is 393 Å². The predicted molar refractivity (Wildman–Crippen MR) is 400 cm³/mol. The van der Waals surface area contributed by atoms with E-state index in [4.69, 9.17) is 37.0 Å². The fourth-order valence-corrected chi connectivity index (χ4v) is 12.8. The summed E-state index contributed by atoms with van der Waals surface area (Å²) in [5.74, 6) is -2.17. The number of aliphatic hydroxyl groups is 1. The lowest BCUT2D eigenvalue weighted by Gasteiger charge is -2.21. The molecule has 0 amide bonds. The van der Waals surface area contributed by atoms with E-state index in [0.29, 0.717) is 25.7 Å². The zero-order valence-corrected chi connectivity index (χ0v) is 64.5. The van der Waals surface area contributed by atoms with Crippen LogP contribution in [0.4, 0.5) is 0 Å². The van der Waals surface area contributed by atoms with Crippen LogP contribution in [0.1, 0.15) is 374 Å². The SMILES string of the molecule is CCCCCC/C=C\C=C/CCCCCCCC(=O)OC[C@H](COP(=O)(O)OC[C@@H](O)COP(=O)(O)OC[C@@H](COC(=O)CCCCCCCCCCCC)OC(=O)CCCCCCC/C=C\C=C/CCCCCC)OC(=O)CCCCCCCCCCCCCCCCCCCC. The molecule has 0 rings (SSSR count). The van der Waals surface area contributed by atoms with Crippen molar-refractivity contribution < 1.29 is 80.2 Å². The minimum atomic E-state index is -4.97. The number of ether oxygens (including phenoxy) is 4. The van der Waals surface area contributed by atoms with Gasteiger partial charge >= 0.3 is 39.5 Å². The normalized spacial score (nSPS) is 14.2. The summed E-state index contributed by atoms with van der Waals surface area (Å²) >= 11 is 0. The van der Waals surface area contributed by atoms with Gasteiger partial charge in [0.15, 0.2) is 12.2 Å². The fraction of sp³-hybridized carbons (Fsp3) is 0.848. The Hall–Kier alpha value is -2.98. The van der Waals surface area contributed by atoms with Crippen LogP contribution in [0.3, 0.4) is 0 Å². The molecule has 0 aliphatic carbocycles. The quantitative estimate of drug-likeness (QED) is 0.0169. The molecule has 0 saturated heterocycles. The molecule has 0 radical (unpaired) electrons. The average molecular weight is 1430 g/mol. The Morgan fingerprint density at radius 3 is 0.745 bits per heavy atom. The number of unbranched alkanes of at least 4 members (excludes halogenated alkanes) is 44. The third-order valence-corrected chi connectivity index (χ3v) is 19.3. The van der Waals surface area contributed by atoms with E-state index in [-0.39, 0.29) is 25.7 Å². The molecule has 98 heavy (non-hydrogen) atoms. The number of hydrogen-bond acceptors (Lipinski definition) is 15. The number of carbonyl (C=O) groups excluding carboxylic acids is 4. The van der Waals surface area contributed by atoms with Crippen LogP contribution in [0.15, 0.2) is 48.6 Å². The summed E-state index contributed by atoms with van der Waals surface area (Å²) in [7, 11) is -9.94. The first-order valence-corrected chi connectivity index (χ1v) is 42.9. The van der Waals surface area contributed by atoms with Crippen LogP contribution in [-0.2, 0) is 65.4 Å². The van der Waals surface area contributed by atoms with E-state index in [1.807, 2.05) is 0 Å². The van der Waals surface area contributed by atoms with Gasteiger partial charge in [0, 0.05) is 25.7 Å². The van der Waals surface area contributed by atoms with Gasteiger partial charge in [-0.05, 0) is 77.0 Å². The molecular formula is C79H146O17P2. The second-order valence-electron chi connectivity index (χ2n) is 27.1. The molecule has 2 unspecified atom stereocenters. The molecule has 0 saturated carbocycles. The lowest BCUT2D eigenvalue weighted by Crippen LogP contribution is -2.30. The van der Waals surface area contributed by atoms with E-state index in [2.05, 4.69) is 76.3 Å². The van der Waals surface area contributed by atoms with Gasteiger partial charge in [0.05, 0.1) is 26.4 Å². The van der Waals surface area contributed by atoms with Crippen LogP contribution in [-0.4, -0.2) is 96.7 Å². The van der Waals surface area contributed by atoms with Crippen LogP contribution in [0.5, 0.6) is 0 Å². The summed E-state index contributed by atoms with van der Waals surface area (Å²) in [6.07, 6.45) is 69.5. The van der Waals surface area contributed by atoms with E-state index < -0.39 is 97.5 Å². The van der Waals surface area contributed by atoms with Gasteiger partial charge in [-0.25, -0.2) is 9.13 Å². The Balaban J connectivity index is 5.30. The maximum Gasteiger partial charge on any atom is 0.472 e. The maximum absolute atomic E-state index is 13.1. The first-order chi connectivity index (χ1) is 47.7. The second kappa shape index (κ2) is 72.4. The highest BCUT2D eigenvalue weighted by Crippen LogP contribution is 2.45. The van der Waals surface area contributed by atoms with Crippen molar-refractivity contribution in [3.63, 3.8) is 0 Å². The van der Waals surface area contributed by atoms with Crippen LogP contribution < -0.4 is 0 Å². The first kappa shape index (κ1) is 95.0. The molecule has 0 bridgehead atoms. The van der Waals surface area contributed by atoms with E-state index in [1.165, 1.54) is 173 Å². The van der Waals surface area contributed by atoms with Crippen molar-refractivity contribution in [3.05, 3.63) is 48.6 Å². The van der Waals surface area contributed by atoms with Crippen molar-refractivity contribution in [3.8, 4) is 0 Å². The van der Waals surface area contributed by atoms with Gasteiger partial charge in [0.2, 0.25) is 0 Å².